The van der Waals surface area contributed by atoms with E-state index in [9.17, 15) is 9.90 Å². The maximum absolute atomic E-state index is 12.9. The first kappa shape index (κ1) is 16.8. The number of phenolic OH excluding ortho intramolecular Hbond substituents is 1. The molecule has 2 aromatic carbocycles. The van der Waals surface area contributed by atoms with Crippen molar-refractivity contribution in [2.24, 2.45) is 0 Å². The Kier molecular flexibility index (Phi) is 4.33. The molecule has 0 aliphatic carbocycles. The van der Waals surface area contributed by atoms with Gasteiger partial charge in [-0.15, -0.1) is 0 Å². The molecule has 7 nitrogen and oxygen atoms in total. The van der Waals surface area contributed by atoms with Crippen molar-refractivity contribution in [1.82, 2.24) is 14.8 Å². The van der Waals surface area contributed by atoms with E-state index in [1.54, 1.807) is 29.8 Å². The van der Waals surface area contributed by atoms with Crippen LogP contribution in [0.1, 0.15) is 24.1 Å². The number of benzene rings is 2. The standard InChI is InChI=1S/C20H18N4O3/c1-13-17(19(26)27-11-14-6-3-2-4-7-14)18(15-8-5-9-16(25)10-15)24-20(23-13)21-12-22-24/h2-10,12,18,25H,11H2,1H3,(H,21,22,23)/t18-/m1/s1. The molecular formula is C20H18N4O3. The van der Waals surface area contributed by atoms with Crippen LogP contribution in [0.2, 0.25) is 0 Å². The highest BCUT2D eigenvalue weighted by Crippen LogP contribution is 2.36. The molecule has 0 saturated carbocycles. The normalized spacial score (nSPS) is 15.8. The minimum absolute atomic E-state index is 0.113. The number of hydrogen-bond donors (Lipinski definition) is 2. The number of fused-ring (bicyclic) bond motifs is 1. The Morgan fingerprint density at radius 2 is 2.04 bits per heavy atom. The van der Waals surface area contributed by atoms with Crippen molar-refractivity contribution in [1.29, 1.82) is 0 Å². The Balaban J connectivity index is 1.69. The zero-order valence-corrected chi connectivity index (χ0v) is 14.7. The molecule has 0 spiro atoms. The molecule has 0 unspecified atom stereocenters. The molecule has 1 atom stereocenters. The summed E-state index contributed by atoms with van der Waals surface area (Å²) in [5, 5.41) is 17.2. The number of nitrogens with zero attached hydrogens (tertiary/aromatic N) is 3. The van der Waals surface area contributed by atoms with Crippen LogP contribution in [-0.2, 0) is 16.1 Å². The number of rotatable bonds is 4. The summed E-state index contributed by atoms with van der Waals surface area (Å²) in [6.07, 6.45) is 1.42. The van der Waals surface area contributed by atoms with E-state index in [0.717, 1.165) is 5.56 Å². The van der Waals surface area contributed by atoms with Crippen molar-refractivity contribution in [3.05, 3.63) is 83.3 Å². The quantitative estimate of drug-likeness (QED) is 0.694. The average Bonchev–Trinajstić information content (AvgIpc) is 3.13. The number of aromatic hydroxyl groups is 1. The second kappa shape index (κ2) is 6.95. The molecule has 0 fully saturated rings. The molecule has 136 valence electrons. The second-order valence-corrected chi connectivity index (χ2v) is 6.25. The highest BCUT2D eigenvalue weighted by Gasteiger charge is 2.34. The van der Waals surface area contributed by atoms with Crippen molar-refractivity contribution in [2.75, 3.05) is 5.32 Å². The largest absolute Gasteiger partial charge is 0.508 e. The predicted molar refractivity (Wildman–Crippen MR) is 98.8 cm³/mol. The van der Waals surface area contributed by atoms with Crippen molar-refractivity contribution in [2.45, 2.75) is 19.6 Å². The third kappa shape index (κ3) is 3.27. The van der Waals surface area contributed by atoms with E-state index in [0.29, 0.717) is 22.8 Å². The Labute approximate surface area is 155 Å². The summed E-state index contributed by atoms with van der Waals surface area (Å²) in [5.41, 5.74) is 2.69. The Hall–Kier alpha value is -3.61. The highest BCUT2D eigenvalue weighted by molar-refractivity contribution is 5.92. The van der Waals surface area contributed by atoms with Crippen LogP contribution in [0.4, 0.5) is 5.95 Å². The van der Waals surface area contributed by atoms with Crippen LogP contribution >= 0.6 is 0 Å². The smallest absolute Gasteiger partial charge is 0.338 e. The molecular weight excluding hydrogens is 344 g/mol. The number of carbonyl (C=O) groups excluding carboxylic acids is 1. The van der Waals surface area contributed by atoms with E-state index in [4.69, 9.17) is 4.74 Å². The summed E-state index contributed by atoms with van der Waals surface area (Å²) in [7, 11) is 0. The van der Waals surface area contributed by atoms with Gasteiger partial charge >= 0.3 is 5.97 Å². The van der Waals surface area contributed by atoms with Gasteiger partial charge in [0.15, 0.2) is 0 Å². The SMILES string of the molecule is CC1=C(C(=O)OCc2ccccc2)[C@@H](c2cccc(O)c2)n2ncnc2N1. The third-order valence-electron chi connectivity index (χ3n) is 4.41. The number of anilines is 1. The fourth-order valence-corrected chi connectivity index (χ4v) is 3.16. The van der Waals surface area contributed by atoms with Gasteiger partial charge in [0.25, 0.3) is 0 Å². The number of esters is 1. The molecule has 0 radical (unpaired) electrons. The first-order valence-corrected chi connectivity index (χ1v) is 8.51. The summed E-state index contributed by atoms with van der Waals surface area (Å²) >= 11 is 0. The molecule has 27 heavy (non-hydrogen) atoms. The van der Waals surface area contributed by atoms with Gasteiger partial charge in [0.1, 0.15) is 24.7 Å². The molecule has 4 rings (SSSR count). The molecule has 1 aliphatic rings. The first-order valence-electron chi connectivity index (χ1n) is 8.51. The van der Waals surface area contributed by atoms with Crippen LogP contribution < -0.4 is 5.32 Å². The summed E-state index contributed by atoms with van der Waals surface area (Å²) in [6, 6.07) is 15.7. The number of allylic oxidation sites excluding steroid dienone is 1. The van der Waals surface area contributed by atoms with Crippen LogP contribution in [0, 0.1) is 0 Å². The van der Waals surface area contributed by atoms with Gasteiger partial charge in [-0.25, -0.2) is 9.48 Å². The monoisotopic (exact) mass is 362 g/mol. The molecule has 1 aromatic heterocycles. The van der Waals surface area contributed by atoms with E-state index in [-0.39, 0.29) is 12.4 Å². The van der Waals surface area contributed by atoms with E-state index in [1.165, 1.54) is 6.33 Å². The molecule has 1 aliphatic heterocycles. The van der Waals surface area contributed by atoms with Gasteiger partial charge in [-0.1, -0.05) is 42.5 Å². The number of nitrogens with one attached hydrogen (secondary N) is 1. The van der Waals surface area contributed by atoms with Gasteiger partial charge in [0.05, 0.1) is 5.57 Å². The van der Waals surface area contributed by atoms with E-state index in [2.05, 4.69) is 15.4 Å². The molecule has 0 bridgehead atoms. The van der Waals surface area contributed by atoms with Gasteiger partial charge in [0.2, 0.25) is 5.95 Å². The van der Waals surface area contributed by atoms with E-state index in [1.807, 2.05) is 36.4 Å². The topological polar surface area (TPSA) is 89.3 Å². The lowest BCUT2D eigenvalue weighted by atomic mass is 9.95. The maximum Gasteiger partial charge on any atom is 0.338 e. The average molecular weight is 362 g/mol. The number of aromatic nitrogens is 3. The third-order valence-corrected chi connectivity index (χ3v) is 4.41. The lowest BCUT2D eigenvalue weighted by molar-refractivity contribution is -0.140. The molecule has 0 amide bonds. The fourth-order valence-electron chi connectivity index (χ4n) is 3.16. The molecule has 2 heterocycles. The van der Waals surface area contributed by atoms with Crippen LogP contribution in [0.25, 0.3) is 0 Å². The van der Waals surface area contributed by atoms with Gasteiger partial charge in [0, 0.05) is 5.70 Å². The van der Waals surface area contributed by atoms with E-state index >= 15 is 0 Å². The summed E-state index contributed by atoms with van der Waals surface area (Å²) in [6.45, 7) is 1.97. The second-order valence-electron chi connectivity index (χ2n) is 6.25. The predicted octanol–water partition coefficient (Wildman–Crippen LogP) is 3.02. The van der Waals surface area contributed by atoms with Crippen LogP contribution in [0.3, 0.4) is 0 Å². The number of hydrogen-bond acceptors (Lipinski definition) is 6. The lowest BCUT2D eigenvalue weighted by Gasteiger charge is -2.28. The Bertz CT molecular complexity index is 1010. The molecule has 3 aromatic rings. The first-order chi connectivity index (χ1) is 13.1. The van der Waals surface area contributed by atoms with Crippen LogP contribution in [0.5, 0.6) is 5.75 Å². The van der Waals surface area contributed by atoms with Crippen molar-refractivity contribution < 1.29 is 14.6 Å². The van der Waals surface area contributed by atoms with Gasteiger partial charge in [-0.2, -0.15) is 10.1 Å². The minimum Gasteiger partial charge on any atom is -0.508 e. The maximum atomic E-state index is 12.9. The Morgan fingerprint density at radius 1 is 1.22 bits per heavy atom. The minimum atomic E-state index is -0.542. The van der Waals surface area contributed by atoms with Gasteiger partial charge < -0.3 is 15.2 Å². The van der Waals surface area contributed by atoms with E-state index < -0.39 is 12.0 Å². The van der Waals surface area contributed by atoms with Crippen LogP contribution in [-0.4, -0.2) is 25.8 Å². The van der Waals surface area contributed by atoms with Crippen molar-refractivity contribution >= 4 is 11.9 Å². The fraction of sp³-hybridized carbons (Fsp3) is 0.150. The van der Waals surface area contributed by atoms with Gasteiger partial charge in [-0.3, -0.25) is 0 Å². The van der Waals surface area contributed by atoms with Crippen molar-refractivity contribution in [3.8, 4) is 5.75 Å². The lowest BCUT2D eigenvalue weighted by Crippen LogP contribution is -2.29. The number of carbonyl (C=O) groups is 1. The zero-order chi connectivity index (χ0) is 18.8. The number of ether oxygens (including phenoxy) is 1. The summed E-state index contributed by atoms with van der Waals surface area (Å²) in [5.74, 6) is 0.196. The highest BCUT2D eigenvalue weighted by atomic mass is 16.5. The number of phenols is 1. The molecule has 0 saturated heterocycles. The van der Waals surface area contributed by atoms with Crippen LogP contribution in [0.15, 0.2) is 72.2 Å². The zero-order valence-electron chi connectivity index (χ0n) is 14.7. The van der Waals surface area contributed by atoms with Crippen molar-refractivity contribution in [3.63, 3.8) is 0 Å². The molecule has 2 N–H and O–H groups in total. The summed E-state index contributed by atoms with van der Waals surface area (Å²) in [4.78, 5) is 17.1. The summed E-state index contributed by atoms with van der Waals surface area (Å²) < 4.78 is 7.16. The van der Waals surface area contributed by atoms with Gasteiger partial charge in [-0.05, 0) is 30.2 Å². The molecule has 7 heteroatoms. The Morgan fingerprint density at radius 3 is 2.81 bits per heavy atom.